The van der Waals surface area contributed by atoms with Gasteiger partial charge in [0.15, 0.2) is 0 Å². The van der Waals surface area contributed by atoms with Crippen LogP contribution in [-0.4, -0.2) is 22.8 Å². The summed E-state index contributed by atoms with van der Waals surface area (Å²) < 4.78 is 0. The fourth-order valence-corrected chi connectivity index (χ4v) is 1.70. The van der Waals surface area contributed by atoms with Gasteiger partial charge in [0.05, 0.1) is 16.9 Å². The minimum Gasteiger partial charge on any atom is -0.548 e. The van der Waals surface area contributed by atoms with E-state index in [4.69, 9.17) is 11.6 Å². The van der Waals surface area contributed by atoms with Crippen LogP contribution in [-0.2, 0) is 4.79 Å². The quantitative estimate of drug-likeness (QED) is 0.637. The van der Waals surface area contributed by atoms with Gasteiger partial charge in [-0.05, 0) is 18.1 Å². The number of halogens is 1. The van der Waals surface area contributed by atoms with E-state index >= 15 is 0 Å². The fraction of sp³-hybridized carbons (Fsp3) is 0.333. The van der Waals surface area contributed by atoms with Gasteiger partial charge in [0.2, 0.25) is 0 Å². The number of aliphatic carboxylic acids is 1. The van der Waals surface area contributed by atoms with E-state index in [1.54, 1.807) is 13.8 Å². The first-order valence-corrected chi connectivity index (χ1v) is 6.07. The van der Waals surface area contributed by atoms with Crippen molar-refractivity contribution in [2.24, 2.45) is 5.92 Å². The van der Waals surface area contributed by atoms with Crippen molar-refractivity contribution in [3.8, 4) is 0 Å². The molecule has 0 radical (unpaired) electrons. The van der Waals surface area contributed by atoms with E-state index in [2.05, 4.69) is 5.32 Å². The molecule has 0 spiro atoms. The molecule has 0 fully saturated rings. The van der Waals surface area contributed by atoms with Crippen LogP contribution in [0.15, 0.2) is 18.2 Å². The molecule has 0 aromatic heterocycles. The van der Waals surface area contributed by atoms with Gasteiger partial charge in [0.1, 0.15) is 5.02 Å². The maximum atomic E-state index is 11.9. The third-order valence-corrected chi connectivity index (χ3v) is 2.93. The summed E-state index contributed by atoms with van der Waals surface area (Å²) in [7, 11) is 0. The van der Waals surface area contributed by atoms with E-state index in [0.29, 0.717) is 0 Å². The lowest BCUT2D eigenvalue weighted by molar-refractivity contribution is -0.384. The standard InChI is InChI=1S/C12H13ClN2O5/c1-6(2)10(12(17)18)14-11(16)7-3-4-8(13)9(5-7)15(19)20/h3-6,10H,1-2H3,(H,14,16)(H,17,18)/p-1/t10-/m1/s1. The van der Waals surface area contributed by atoms with Crippen LogP contribution >= 0.6 is 11.6 Å². The number of rotatable bonds is 5. The van der Waals surface area contributed by atoms with Gasteiger partial charge in [0, 0.05) is 11.6 Å². The second kappa shape index (κ2) is 6.33. The first-order chi connectivity index (χ1) is 9.23. The SMILES string of the molecule is CC(C)[C@@H](NC(=O)c1ccc(Cl)c([N+](=O)[O-])c1)C(=O)[O-]. The molecule has 8 heteroatoms. The van der Waals surface area contributed by atoms with Crippen LogP contribution in [0, 0.1) is 16.0 Å². The van der Waals surface area contributed by atoms with Crippen molar-refractivity contribution >= 4 is 29.2 Å². The number of nitrogens with one attached hydrogen (secondary N) is 1. The molecule has 1 aromatic carbocycles. The minimum atomic E-state index is -1.42. The number of nitrogens with zero attached hydrogens (tertiary/aromatic N) is 1. The molecule has 1 rings (SSSR count). The van der Waals surface area contributed by atoms with E-state index in [1.807, 2.05) is 0 Å². The minimum absolute atomic E-state index is 0.0481. The van der Waals surface area contributed by atoms with Crippen molar-refractivity contribution in [1.82, 2.24) is 5.32 Å². The second-order valence-electron chi connectivity index (χ2n) is 4.44. The molecule has 7 nitrogen and oxygen atoms in total. The number of nitro groups is 1. The normalized spacial score (nSPS) is 12.0. The molecule has 0 saturated carbocycles. The van der Waals surface area contributed by atoms with Crippen molar-refractivity contribution in [2.75, 3.05) is 0 Å². The predicted octanol–water partition coefficient (Wildman–Crippen LogP) is 0.752. The van der Waals surface area contributed by atoms with E-state index < -0.39 is 28.5 Å². The van der Waals surface area contributed by atoms with Crippen LogP contribution in [0.25, 0.3) is 0 Å². The van der Waals surface area contributed by atoms with Crippen LogP contribution < -0.4 is 10.4 Å². The van der Waals surface area contributed by atoms with Crippen LogP contribution in [0.2, 0.25) is 5.02 Å². The van der Waals surface area contributed by atoms with Crippen LogP contribution in [0.4, 0.5) is 5.69 Å². The number of amides is 1. The molecule has 0 bridgehead atoms. The molecule has 0 aliphatic rings. The molecule has 1 amide bonds. The summed E-state index contributed by atoms with van der Waals surface area (Å²) in [5.41, 5.74) is -0.470. The monoisotopic (exact) mass is 299 g/mol. The summed E-state index contributed by atoms with van der Waals surface area (Å²) in [6.07, 6.45) is 0. The Morgan fingerprint density at radius 3 is 2.40 bits per heavy atom. The van der Waals surface area contributed by atoms with Crippen LogP contribution in [0.3, 0.4) is 0 Å². The lowest BCUT2D eigenvalue weighted by Crippen LogP contribution is -2.50. The highest BCUT2D eigenvalue weighted by Crippen LogP contribution is 2.25. The first-order valence-electron chi connectivity index (χ1n) is 5.69. The van der Waals surface area contributed by atoms with E-state index in [0.717, 1.165) is 6.07 Å². The molecule has 0 unspecified atom stereocenters. The summed E-state index contributed by atoms with van der Waals surface area (Å²) in [4.78, 5) is 32.8. The number of nitro benzene ring substituents is 1. The molecule has 1 atom stereocenters. The van der Waals surface area contributed by atoms with E-state index in [1.165, 1.54) is 12.1 Å². The first kappa shape index (κ1) is 15.9. The zero-order valence-corrected chi connectivity index (χ0v) is 11.5. The Bertz CT molecular complexity index is 559. The highest BCUT2D eigenvalue weighted by atomic mass is 35.5. The van der Waals surface area contributed by atoms with Crippen LogP contribution in [0.1, 0.15) is 24.2 Å². The van der Waals surface area contributed by atoms with Crippen molar-refractivity contribution in [1.29, 1.82) is 0 Å². The molecule has 0 saturated heterocycles. The number of carboxylic acids is 1. The molecule has 1 aromatic rings. The van der Waals surface area contributed by atoms with Gasteiger partial charge < -0.3 is 15.2 Å². The molecule has 0 aliphatic carbocycles. The van der Waals surface area contributed by atoms with E-state index in [-0.39, 0.29) is 16.5 Å². The highest BCUT2D eigenvalue weighted by molar-refractivity contribution is 6.32. The molecule has 0 aliphatic heterocycles. The Morgan fingerprint density at radius 1 is 1.35 bits per heavy atom. The van der Waals surface area contributed by atoms with Crippen molar-refractivity contribution < 1.29 is 19.6 Å². The molecular weight excluding hydrogens is 288 g/mol. The Morgan fingerprint density at radius 2 is 1.95 bits per heavy atom. The zero-order valence-electron chi connectivity index (χ0n) is 10.8. The number of hydrogen-bond acceptors (Lipinski definition) is 5. The van der Waals surface area contributed by atoms with Gasteiger partial charge >= 0.3 is 0 Å². The zero-order chi connectivity index (χ0) is 15.4. The van der Waals surface area contributed by atoms with Crippen LogP contribution in [0.5, 0.6) is 0 Å². The van der Waals surface area contributed by atoms with Gasteiger partial charge in [-0.25, -0.2) is 0 Å². The van der Waals surface area contributed by atoms with E-state index in [9.17, 15) is 24.8 Å². The topological polar surface area (TPSA) is 112 Å². The lowest BCUT2D eigenvalue weighted by atomic mass is 10.0. The fourth-order valence-electron chi connectivity index (χ4n) is 1.52. The Labute approximate surface area is 119 Å². The number of benzene rings is 1. The number of hydrogen-bond donors (Lipinski definition) is 1. The number of carboxylic acid groups (broad SMARTS) is 1. The maximum absolute atomic E-state index is 11.9. The second-order valence-corrected chi connectivity index (χ2v) is 4.84. The third kappa shape index (κ3) is 3.67. The Kier molecular flexibility index (Phi) is 5.04. The number of carbonyl (C=O) groups excluding carboxylic acids is 2. The largest absolute Gasteiger partial charge is 0.548 e. The Balaban J connectivity index is 3.01. The summed E-state index contributed by atoms with van der Waals surface area (Å²) in [5.74, 6) is -2.55. The molecular formula is C12H12ClN2O5-. The third-order valence-electron chi connectivity index (χ3n) is 2.61. The van der Waals surface area contributed by atoms with Gasteiger partial charge in [-0.3, -0.25) is 14.9 Å². The Hall–Kier alpha value is -2.15. The van der Waals surface area contributed by atoms with Gasteiger partial charge in [-0.2, -0.15) is 0 Å². The highest BCUT2D eigenvalue weighted by Gasteiger charge is 2.21. The van der Waals surface area contributed by atoms with Gasteiger partial charge in [-0.15, -0.1) is 0 Å². The van der Waals surface area contributed by atoms with Gasteiger partial charge in [0.25, 0.3) is 11.6 Å². The van der Waals surface area contributed by atoms with Crippen molar-refractivity contribution in [3.63, 3.8) is 0 Å². The number of carbonyl (C=O) groups is 2. The molecule has 0 heterocycles. The average Bonchev–Trinajstić information content (AvgIpc) is 2.34. The molecule has 108 valence electrons. The van der Waals surface area contributed by atoms with Crippen molar-refractivity contribution in [2.45, 2.75) is 19.9 Å². The maximum Gasteiger partial charge on any atom is 0.288 e. The average molecular weight is 300 g/mol. The molecule has 1 N–H and O–H groups in total. The summed E-state index contributed by atoms with van der Waals surface area (Å²) in [6, 6.07) is 2.29. The summed E-state index contributed by atoms with van der Waals surface area (Å²) in [6.45, 7) is 3.20. The smallest absolute Gasteiger partial charge is 0.288 e. The van der Waals surface area contributed by atoms with Gasteiger partial charge in [-0.1, -0.05) is 25.4 Å². The molecule has 20 heavy (non-hydrogen) atoms. The lowest BCUT2D eigenvalue weighted by Gasteiger charge is -2.23. The predicted molar refractivity (Wildman–Crippen MR) is 69.2 cm³/mol. The summed E-state index contributed by atoms with van der Waals surface area (Å²) >= 11 is 5.63. The summed E-state index contributed by atoms with van der Waals surface area (Å²) in [5, 5.41) is 23.7. The van der Waals surface area contributed by atoms with Crippen molar-refractivity contribution in [3.05, 3.63) is 38.9 Å².